The number of benzene rings is 2. The molecule has 146 valence electrons. The van der Waals surface area contributed by atoms with Crippen LogP contribution in [0.4, 0.5) is 0 Å². The lowest BCUT2D eigenvalue weighted by Gasteiger charge is -2.14. The van der Waals surface area contributed by atoms with Crippen molar-refractivity contribution >= 4 is 16.8 Å². The number of nitrogens with one attached hydrogen (secondary N) is 1. The maximum Gasteiger partial charge on any atom is 0.265 e. The zero-order valence-corrected chi connectivity index (χ0v) is 15.8. The Morgan fingerprint density at radius 3 is 2.61 bits per heavy atom. The number of aromatic nitrogens is 2. The summed E-state index contributed by atoms with van der Waals surface area (Å²) in [6.45, 7) is 0.201. The Balaban J connectivity index is 1.93. The average Bonchev–Trinajstić information content (AvgIpc) is 2.74. The molecule has 28 heavy (non-hydrogen) atoms. The second-order valence-corrected chi connectivity index (χ2v) is 5.93. The number of para-hydroxylation sites is 2. The largest absolute Gasteiger partial charge is 0.495 e. The molecular weight excluding hydrogens is 362 g/mol. The number of amides is 1. The van der Waals surface area contributed by atoms with Crippen LogP contribution >= 0.6 is 0 Å². The lowest BCUT2D eigenvalue weighted by atomic mass is 10.1. The van der Waals surface area contributed by atoms with Crippen LogP contribution in [-0.2, 0) is 9.47 Å². The zero-order chi connectivity index (χ0) is 20.1. The van der Waals surface area contributed by atoms with E-state index in [-0.39, 0.29) is 18.0 Å². The van der Waals surface area contributed by atoms with Gasteiger partial charge in [-0.05, 0) is 30.3 Å². The average molecular weight is 383 g/mol. The lowest BCUT2D eigenvalue weighted by molar-refractivity contribution is -0.0974. The first-order valence-corrected chi connectivity index (χ1v) is 8.57. The third-order valence-electron chi connectivity index (χ3n) is 4.32. The number of fused-ring (bicyclic) bond motifs is 1. The van der Waals surface area contributed by atoms with Gasteiger partial charge in [0.05, 0.1) is 30.2 Å². The Labute approximate surface area is 161 Å². The molecule has 0 saturated heterocycles. The van der Waals surface area contributed by atoms with Gasteiger partial charge in [-0.3, -0.25) is 14.2 Å². The molecule has 0 unspecified atom stereocenters. The van der Waals surface area contributed by atoms with E-state index in [1.807, 2.05) is 12.1 Å². The summed E-state index contributed by atoms with van der Waals surface area (Å²) in [6, 6.07) is 11.9. The van der Waals surface area contributed by atoms with Gasteiger partial charge in [-0.25, -0.2) is 4.98 Å². The van der Waals surface area contributed by atoms with Gasteiger partial charge in [-0.15, -0.1) is 0 Å². The first-order chi connectivity index (χ1) is 13.6. The highest BCUT2D eigenvalue weighted by Gasteiger charge is 2.13. The molecule has 1 amide bonds. The van der Waals surface area contributed by atoms with E-state index in [1.165, 1.54) is 25.1 Å². The maximum absolute atomic E-state index is 12.9. The molecule has 0 spiro atoms. The molecular formula is C20H21N3O5. The third-order valence-corrected chi connectivity index (χ3v) is 4.32. The zero-order valence-electron chi connectivity index (χ0n) is 15.8. The molecule has 3 aromatic rings. The monoisotopic (exact) mass is 383 g/mol. The Hall–Kier alpha value is -3.23. The van der Waals surface area contributed by atoms with E-state index >= 15 is 0 Å². The molecule has 8 heteroatoms. The number of carbonyl (C=O) groups excluding carboxylic acids is 1. The minimum Gasteiger partial charge on any atom is -0.495 e. The summed E-state index contributed by atoms with van der Waals surface area (Å²) in [5, 5.41) is 3.12. The highest BCUT2D eigenvalue weighted by molar-refractivity contribution is 5.97. The van der Waals surface area contributed by atoms with Gasteiger partial charge in [-0.2, -0.15) is 0 Å². The van der Waals surface area contributed by atoms with Crippen molar-refractivity contribution in [2.45, 2.75) is 6.29 Å². The molecule has 8 nitrogen and oxygen atoms in total. The fourth-order valence-electron chi connectivity index (χ4n) is 2.80. The minimum atomic E-state index is -0.532. The van der Waals surface area contributed by atoms with Crippen LogP contribution in [0.15, 0.2) is 53.6 Å². The van der Waals surface area contributed by atoms with Gasteiger partial charge in [0.2, 0.25) is 0 Å². The van der Waals surface area contributed by atoms with Gasteiger partial charge in [0.15, 0.2) is 6.29 Å². The Bertz CT molecular complexity index is 1040. The number of methoxy groups -OCH3 is 3. The van der Waals surface area contributed by atoms with Crippen molar-refractivity contribution < 1.29 is 19.0 Å². The molecule has 0 fully saturated rings. The maximum atomic E-state index is 12.9. The van der Waals surface area contributed by atoms with Crippen molar-refractivity contribution in [2.75, 3.05) is 27.9 Å². The Morgan fingerprint density at radius 1 is 1.14 bits per heavy atom. The van der Waals surface area contributed by atoms with Crippen LogP contribution < -0.4 is 15.6 Å². The number of nitrogens with zero attached hydrogens (tertiary/aromatic N) is 2. The van der Waals surface area contributed by atoms with Crippen LogP contribution in [0.2, 0.25) is 0 Å². The highest BCUT2D eigenvalue weighted by Crippen LogP contribution is 2.21. The molecule has 0 radical (unpaired) electrons. The standard InChI is InChI=1S/C20H21N3O5/c1-26-17-7-5-4-6-16(17)23-12-22-15-10-13(8-9-14(15)20(23)25)19(24)21-11-18(27-2)28-3/h4-10,12,18H,11H2,1-3H3,(H,21,24). The predicted octanol–water partition coefficient (Wildman–Crippen LogP) is 1.74. The summed E-state index contributed by atoms with van der Waals surface area (Å²) in [7, 11) is 4.53. The smallest absolute Gasteiger partial charge is 0.265 e. The fourth-order valence-corrected chi connectivity index (χ4v) is 2.80. The molecule has 0 aliphatic rings. The summed E-state index contributed by atoms with van der Waals surface area (Å²) < 4.78 is 16.8. The predicted molar refractivity (Wildman–Crippen MR) is 104 cm³/mol. The molecule has 0 aliphatic carbocycles. The summed E-state index contributed by atoms with van der Waals surface area (Å²) in [5.74, 6) is 0.254. The fraction of sp³-hybridized carbons (Fsp3) is 0.250. The van der Waals surface area contributed by atoms with Crippen molar-refractivity contribution in [3.05, 3.63) is 64.7 Å². The highest BCUT2D eigenvalue weighted by atomic mass is 16.7. The van der Waals surface area contributed by atoms with E-state index in [0.717, 1.165) is 0 Å². The van der Waals surface area contributed by atoms with Crippen molar-refractivity contribution in [3.8, 4) is 11.4 Å². The molecule has 2 aromatic carbocycles. The summed E-state index contributed by atoms with van der Waals surface area (Å²) in [4.78, 5) is 29.6. The first kappa shape index (κ1) is 19.5. The number of ether oxygens (including phenoxy) is 3. The van der Waals surface area contributed by atoms with Crippen LogP contribution in [0.1, 0.15) is 10.4 Å². The molecule has 3 rings (SSSR count). The third kappa shape index (κ3) is 3.88. The van der Waals surface area contributed by atoms with Gasteiger partial charge in [0.1, 0.15) is 12.1 Å². The molecule has 1 aromatic heterocycles. The SMILES string of the molecule is COc1ccccc1-n1cnc2cc(C(=O)NCC(OC)OC)ccc2c1=O. The summed E-state index contributed by atoms with van der Waals surface area (Å²) in [6.07, 6.45) is 0.895. The van der Waals surface area contributed by atoms with E-state index in [2.05, 4.69) is 10.3 Å². The topological polar surface area (TPSA) is 91.7 Å². The summed E-state index contributed by atoms with van der Waals surface area (Å²) in [5.41, 5.74) is 1.16. The van der Waals surface area contributed by atoms with Gasteiger partial charge in [-0.1, -0.05) is 12.1 Å². The quantitative estimate of drug-likeness (QED) is 0.625. The van der Waals surface area contributed by atoms with E-state index in [4.69, 9.17) is 14.2 Å². The van der Waals surface area contributed by atoms with Crippen LogP contribution in [0.5, 0.6) is 5.75 Å². The van der Waals surface area contributed by atoms with Crippen molar-refractivity contribution in [1.82, 2.24) is 14.9 Å². The Morgan fingerprint density at radius 2 is 1.89 bits per heavy atom. The van der Waals surface area contributed by atoms with E-state index < -0.39 is 6.29 Å². The van der Waals surface area contributed by atoms with E-state index in [1.54, 1.807) is 37.4 Å². The molecule has 1 heterocycles. The number of hydrogen-bond donors (Lipinski definition) is 1. The van der Waals surface area contributed by atoms with Crippen LogP contribution in [0.25, 0.3) is 16.6 Å². The minimum absolute atomic E-state index is 0.201. The number of rotatable bonds is 7. The molecule has 0 aliphatic heterocycles. The molecule has 0 atom stereocenters. The lowest BCUT2D eigenvalue weighted by Crippen LogP contribution is -2.34. The van der Waals surface area contributed by atoms with Gasteiger partial charge in [0, 0.05) is 19.8 Å². The van der Waals surface area contributed by atoms with Gasteiger partial charge in [0.25, 0.3) is 11.5 Å². The van der Waals surface area contributed by atoms with Crippen LogP contribution in [-0.4, -0.2) is 49.6 Å². The van der Waals surface area contributed by atoms with E-state index in [0.29, 0.717) is 27.9 Å². The first-order valence-electron chi connectivity index (χ1n) is 8.57. The molecule has 0 bridgehead atoms. The molecule has 1 N–H and O–H groups in total. The number of carbonyl (C=O) groups is 1. The van der Waals surface area contributed by atoms with E-state index in [9.17, 15) is 9.59 Å². The van der Waals surface area contributed by atoms with Gasteiger partial charge < -0.3 is 19.5 Å². The number of hydrogen-bond acceptors (Lipinski definition) is 6. The van der Waals surface area contributed by atoms with Crippen molar-refractivity contribution in [2.24, 2.45) is 0 Å². The second kappa shape index (κ2) is 8.64. The Kier molecular flexibility index (Phi) is 6.03. The second-order valence-electron chi connectivity index (χ2n) is 5.93. The van der Waals surface area contributed by atoms with Crippen molar-refractivity contribution in [1.29, 1.82) is 0 Å². The van der Waals surface area contributed by atoms with Gasteiger partial charge >= 0.3 is 0 Å². The summed E-state index contributed by atoms with van der Waals surface area (Å²) >= 11 is 0. The normalized spacial score (nSPS) is 11.0. The molecule has 0 saturated carbocycles. The van der Waals surface area contributed by atoms with Crippen molar-refractivity contribution in [3.63, 3.8) is 0 Å². The van der Waals surface area contributed by atoms with Crippen LogP contribution in [0.3, 0.4) is 0 Å². The van der Waals surface area contributed by atoms with Crippen LogP contribution in [0, 0.1) is 0 Å².